The standard InChI is InChI=1S/C18H15FN4O/c1-12-4-2-3-5-15(12)23-18(24)16-10-21-17(11-20-16)22-14-8-6-13(19)7-9-14/h2-11H,1H3,(H,21,22)(H,23,24). The number of carbonyl (C=O) groups excluding carboxylic acids is 1. The summed E-state index contributed by atoms with van der Waals surface area (Å²) in [6, 6.07) is 13.4. The van der Waals surface area contributed by atoms with Gasteiger partial charge in [-0.1, -0.05) is 18.2 Å². The van der Waals surface area contributed by atoms with E-state index >= 15 is 0 Å². The Balaban J connectivity index is 1.68. The van der Waals surface area contributed by atoms with Gasteiger partial charge in [0.15, 0.2) is 0 Å². The lowest BCUT2D eigenvalue weighted by Crippen LogP contribution is -2.15. The number of carbonyl (C=O) groups is 1. The number of aromatic nitrogens is 2. The smallest absolute Gasteiger partial charge is 0.275 e. The highest BCUT2D eigenvalue weighted by molar-refractivity contribution is 6.03. The zero-order chi connectivity index (χ0) is 16.9. The van der Waals surface area contributed by atoms with Crippen molar-refractivity contribution in [2.24, 2.45) is 0 Å². The van der Waals surface area contributed by atoms with Gasteiger partial charge in [0, 0.05) is 11.4 Å². The molecule has 0 atom stereocenters. The fourth-order valence-corrected chi connectivity index (χ4v) is 2.09. The molecular formula is C18H15FN4O. The molecule has 3 aromatic rings. The zero-order valence-electron chi connectivity index (χ0n) is 13.0. The lowest BCUT2D eigenvalue weighted by atomic mass is 10.2. The number of para-hydroxylation sites is 1. The third-order valence-electron chi connectivity index (χ3n) is 3.39. The molecule has 1 aromatic heterocycles. The third kappa shape index (κ3) is 3.73. The minimum atomic E-state index is -0.329. The number of anilines is 3. The molecular weight excluding hydrogens is 307 g/mol. The molecule has 2 aromatic carbocycles. The van der Waals surface area contributed by atoms with Crippen LogP contribution in [0.4, 0.5) is 21.6 Å². The Bertz CT molecular complexity index is 848. The molecule has 2 N–H and O–H groups in total. The van der Waals surface area contributed by atoms with Gasteiger partial charge in [-0.05, 0) is 42.8 Å². The quantitative estimate of drug-likeness (QED) is 0.764. The van der Waals surface area contributed by atoms with E-state index < -0.39 is 0 Å². The van der Waals surface area contributed by atoms with Crippen LogP contribution in [0.1, 0.15) is 16.1 Å². The number of rotatable bonds is 4. The van der Waals surface area contributed by atoms with Crippen LogP contribution in [0.2, 0.25) is 0 Å². The van der Waals surface area contributed by atoms with Crippen LogP contribution in [0.5, 0.6) is 0 Å². The summed E-state index contributed by atoms with van der Waals surface area (Å²) in [5.74, 6) is -0.172. The molecule has 3 rings (SSSR count). The number of nitrogens with zero attached hydrogens (tertiary/aromatic N) is 2. The van der Waals surface area contributed by atoms with Gasteiger partial charge in [0.05, 0.1) is 12.4 Å². The number of nitrogens with one attached hydrogen (secondary N) is 2. The van der Waals surface area contributed by atoms with E-state index in [9.17, 15) is 9.18 Å². The van der Waals surface area contributed by atoms with Gasteiger partial charge in [-0.25, -0.2) is 14.4 Å². The number of benzene rings is 2. The number of hydrogen-bond donors (Lipinski definition) is 2. The van der Waals surface area contributed by atoms with Crippen molar-refractivity contribution in [1.82, 2.24) is 9.97 Å². The van der Waals surface area contributed by atoms with Gasteiger partial charge in [0.1, 0.15) is 17.3 Å². The Morgan fingerprint density at radius 1 is 1.00 bits per heavy atom. The van der Waals surface area contributed by atoms with Crippen molar-refractivity contribution in [2.45, 2.75) is 6.92 Å². The Hall–Kier alpha value is -3.28. The molecule has 1 heterocycles. The average molecular weight is 322 g/mol. The normalized spacial score (nSPS) is 10.2. The SMILES string of the molecule is Cc1ccccc1NC(=O)c1cnc(Nc2ccc(F)cc2)cn1. The van der Waals surface area contributed by atoms with Gasteiger partial charge in [-0.15, -0.1) is 0 Å². The van der Waals surface area contributed by atoms with Crippen LogP contribution < -0.4 is 10.6 Å². The van der Waals surface area contributed by atoms with Gasteiger partial charge in [-0.3, -0.25) is 4.79 Å². The summed E-state index contributed by atoms with van der Waals surface area (Å²) < 4.78 is 12.9. The highest BCUT2D eigenvalue weighted by Crippen LogP contribution is 2.16. The molecule has 0 bridgehead atoms. The van der Waals surface area contributed by atoms with E-state index in [0.29, 0.717) is 11.5 Å². The van der Waals surface area contributed by atoms with Gasteiger partial charge in [0.25, 0.3) is 5.91 Å². The van der Waals surface area contributed by atoms with Crippen LogP contribution in [0.25, 0.3) is 0 Å². The second kappa shape index (κ2) is 6.87. The minimum Gasteiger partial charge on any atom is -0.339 e. The first-order chi connectivity index (χ1) is 11.6. The summed E-state index contributed by atoms with van der Waals surface area (Å²) in [6.45, 7) is 1.91. The molecule has 0 unspecified atom stereocenters. The number of hydrogen-bond acceptors (Lipinski definition) is 4. The minimum absolute atomic E-state index is 0.211. The maximum absolute atomic E-state index is 12.9. The van der Waals surface area contributed by atoms with E-state index in [4.69, 9.17) is 0 Å². The molecule has 0 radical (unpaired) electrons. The van der Waals surface area contributed by atoms with Crippen LogP contribution in [-0.2, 0) is 0 Å². The molecule has 0 aliphatic heterocycles. The van der Waals surface area contributed by atoms with E-state index in [1.807, 2.05) is 31.2 Å². The van der Waals surface area contributed by atoms with Crippen LogP contribution in [0.3, 0.4) is 0 Å². The monoisotopic (exact) mass is 322 g/mol. The summed E-state index contributed by atoms with van der Waals surface area (Å²) in [4.78, 5) is 20.5. The third-order valence-corrected chi connectivity index (χ3v) is 3.39. The summed E-state index contributed by atoms with van der Waals surface area (Å²) in [5, 5.41) is 5.78. The van der Waals surface area contributed by atoms with Gasteiger partial charge in [-0.2, -0.15) is 0 Å². The van der Waals surface area contributed by atoms with Crippen molar-refractivity contribution in [2.75, 3.05) is 10.6 Å². The van der Waals surface area contributed by atoms with Crippen molar-refractivity contribution < 1.29 is 9.18 Å². The van der Waals surface area contributed by atoms with E-state index in [1.54, 1.807) is 12.1 Å². The van der Waals surface area contributed by atoms with Gasteiger partial charge < -0.3 is 10.6 Å². The van der Waals surface area contributed by atoms with Crippen molar-refractivity contribution in [1.29, 1.82) is 0 Å². The lowest BCUT2D eigenvalue weighted by molar-refractivity contribution is 0.102. The second-order valence-electron chi connectivity index (χ2n) is 5.19. The van der Waals surface area contributed by atoms with Crippen LogP contribution >= 0.6 is 0 Å². The summed E-state index contributed by atoms with van der Waals surface area (Å²) in [7, 11) is 0. The van der Waals surface area contributed by atoms with Crippen molar-refractivity contribution >= 4 is 23.1 Å². The molecule has 6 heteroatoms. The molecule has 120 valence electrons. The summed E-state index contributed by atoms with van der Waals surface area (Å²) in [6.07, 6.45) is 2.84. The molecule has 0 aliphatic rings. The summed E-state index contributed by atoms with van der Waals surface area (Å²) >= 11 is 0. The van der Waals surface area contributed by atoms with Crippen LogP contribution in [0.15, 0.2) is 60.9 Å². The number of aryl methyl sites for hydroxylation is 1. The van der Waals surface area contributed by atoms with E-state index in [0.717, 1.165) is 11.3 Å². The van der Waals surface area contributed by atoms with Crippen LogP contribution in [-0.4, -0.2) is 15.9 Å². The van der Waals surface area contributed by atoms with Crippen molar-refractivity contribution in [3.8, 4) is 0 Å². The molecule has 0 saturated heterocycles. The van der Waals surface area contributed by atoms with E-state index in [2.05, 4.69) is 20.6 Å². The second-order valence-corrected chi connectivity index (χ2v) is 5.19. The predicted octanol–water partition coefficient (Wildman–Crippen LogP) is 3.92. The first-order valence-electron chi connectivity index (χ1n) is 7.33. The highest BCUT2D eigenvalue weighted by Gasteiger charge is 2.09. The number of halogens is 1. The van der Waals surface area contributed by atoms with Crippen molar-refractivity contribution in [3.63, 3.8) is 0 Å². The predicted molar refractivity (Wildman–Crippen MR) is 90.8 cm³/mol. The lowest BCUT2D eigenvalue weighted by Gasteiger charge is -2.08. The largest absolute Gasteiger partial charge is 0.339 e. The van der Waals surface area contributed by atoms with Crippen molar-refractivity contribution in [3.05, 3.63) is 78.0 Å². The molecule has 0 saturated carbocycles. The maximum atomic E-state index is 12.9. The van der Waals surface area contributed by atoms with Gasteiger partial charge in [0.2, 0.25) is 0 Å². The van der Waals surface area contributed by atoms with Gasteiger partial charge >= 0.3 is 0 Å². The molecule has 24 heavy (non-hydrogen) atoms. The Morgan fingerprint density at radius 2 is 1.75 bits per heavy atom. The fourth-order valence-electron chi connectivity index (χ4n) is 2.09. The molecule has 0 fully saturated rings. The molecule has 0 aliphatic carbocycles. The molecule has 5 nitrogen and oxygen atoms in total. The van der Waals surface area contributed by atoms with E-state index in [1.165, 1.54) is 24.5 Å². The summed E-state index contributed by atoms with van der Waals surface area (Å²) in [5.41, 5.74) is 2.59. The molecule has 0 spiro atoms. The fraction of sp³-hybridized carbons (Fsp3) is 0.0556. The Kier molecular flexibility index (Phi) is 4.47. The topological polar surface area (TPSA) is 66.9 Å². The average Bonchev–Trinajstić information content (AvgIpc) is 2.59. The Morgan fingerprint density at radius 3 is 2.42 bits per heavy atom. The zero-order valence-corrected chi connectivity index (χ0v) is 13.0. The first kappa shape index (κ1) is 15.6. The molecule has 1 amide bonds. The highest BCUT2D eigenvalue weighted by atomic mass is 19.1. The number of amides is 1. The maximum Gasteiger partial charge on any atom is 0.275 e. The Labute approximate surface area is 138 Å². The first-order valence-corrected chi connectivity index (χ1v) is 7.33. The van der Waals surface area contributed by atoms with Crippen LogP contribution in [0, 0.1) is 12.7 Å². The van der Waals surface area contributed by atoms with E-state index in [-0.39, 0.29) is 17.4 Å².